The molecule has 16 heavy (non-hydrogen) atoms. The molecule has 0 radical (unpaired) electrons. The van der Waals surface area contributed by atoms with Gasteiger partial charge in [0.05, 0.1) is 13.5 Å². The molecule has 0 bridgehead atoms. The summed E-state index contributed by atoms with van der Waals surface area (Å²) in [7, 11) is 1.37. The second-order valence-electron chi connectivity index (χ2n) is 3.23. The normalized spacial score (nSPS) is 10.1. The number of hydrogen-bond donors (Lipinski definition) is 0. The summed E-state index contributed by atoms with van der Waals surface area (Å²) in [5, 5.41) is 4.06. The molecule has 2 heterocycles. The van der Waals surface area contributed by atoms with E-state index in [0.717, 1.165) is 11.4 Å². The van der Waals surface area contributed by atoms with Crippen molar-refractivity contribution in [2.24, 2.45) is 0 Å². The Labute approximate surface area is 92.7 Å². The second-order valence-corrected chi connectivity index (χ2v) is 3.23. The molecule has 0 spiro atoms. The van der Waals surface area contributed by atoms with Gasteiger partial charge < -0.3 is 4.74 Å². The van der Waals surface area contributed by atoms with Crippen LogP contribution in [-0.2, 0) is 16.0 Å². The van der Waals surface area contributed by atoms with Crippen LogP contribution in [0.5, 0.6) is 0 Å². The molecular formula is C11H11N3O2. The molecule has 0 aliphatic carbocycles. The molecule has 0 aliphatic rings. The summed E-state index contributed by atoms with van der Waals surface area (Å²) in [6.07, 6.45) is 5.38. The molecule has 5 nitrogen and oxygen atoms in total. The minimum absolute atomic E-state index is 0.239. The summed E-state index contributed by atoms with van der Waals surface area (Å²) in [5.41, 5.74) is 0.822. The van der Waals surface area contributed by atoms with E-state index in [2.05, 4.69) is 14.8 Å². The van der Waals surface area contributed by atoms with Crippen LogP contribution in [0.3, 0.4) is 0 Å². The van der Waals surface area contributed by atoms with Crippen molar-refractivity contribution < 1.29 is 9.53 Å². The largest absolute Gasteiger partial charge is 0.469 e. The third kappa shape index (κ3) is 2.25. The van der Waals surface area contributed by atoms with Crippen LogP contribution < -0.4 is 0 Å². The molecule has 0 saturated heterocycles. The standard InChI is InChI=1S/C11H11N3O2/c1-16-11(15)7-9-3-4-10(12-8-9)14-6-2-5-13-14/h2-6,8H,7H2,1H3. The summed E-state index contributed by atoms with van der Waals surface area (Å²) >= 11 is 0. The minimum Gasteiger partial charge on any atom is -0.469 e. The minimum atomic E-state index is -0.270. The van der Waals surface area contributed by atoms with Crippen LogP contribution in [0.1, 0.15) is 5.56 Å². The van der Waals surface area contributed by atoms with E-state index >= 15 is 0 Å². The van der Waals surface area contributed by atoms with Gasteiger partial charge in [-0.3, -0.25) is 4.79 Å². The van der Waals surface area contributed by atoms with Gasteiger partial charge >= 0.3 is 5.97 Å². The third-order valence-electron chi connectivity index (χ3n) is 2.12. The van der Waals surface area contributed by atoms with Crippen LogP contribution in [-0.4, -0.2) is 27.8 Å². The average molecular weight is 217 g/mol. The maximum atomic E-state index is 11.0. The number of rotatable bonds is 3. The fourth-order valence-electron chi connectivity index (χ4n) is 1.30. The summed E-state index contributed by atoms with van der Waals surface area (Å²) in [6, 6.07) is 5.47. The Bertz CT molecular complexity index is 462. The molecular weight excluding hydrogens is 206 g/mol. The number of aromatic nitrogens is 3. The molecule has 0 saturated carbocycles. The van der Waals surface area contributed by atoms with Gasteiger partial charge in [-0.15, -0.1) is 0 Å². The number of esters is 1. The van der Waals surface area contributed by atoms with E-state index in [-0.39, 0.29) is 12.4 Å². The SMILES string of the molecule is COC(=O)Cc1ccc(-n2cccn2)nc1. The number of pyridine rings is 1. The lowest BCUT2D eigenvalue weighted by atomic mass is 10.2. The van der Waals surface area contributed by atoms with E-state index in [1.165, 1.54) is 7.11 Å². The van der Waals surface area contributed by atoms with E-state index in [1.54, 1.807) is 17.1 Å². The molecule has 0 unspecified atom stereocenters. The van der Waals surface area contributed by atoms with Crippen molar-refractivity contribution in [2.45, 2.75) is 6.42 Å². The van der Waals surface area contributed by atoms with Crippen molar-refractivity contribution in [3.63, 3.8) is 0 Å². The maximum Gasteiger partial charge on any atom is 0.310 e. The van der Waals surface area contributed by atoms with Crippen LogP contribution in [0.4, 0.5) is 0 Å². The number of carbonyl (C=O) groups excluding carboxylic acids is 1. The fraction of sp³-hybridized carbons (Fsp3) is 0.182. The Morgan fingerprint density at radius 1 is 1.50 bits per heavy atom. The molecule has 82 valence electrons. The Kier molecular flexibility index (Phi) is 2.95. The Hall–Kier alpha value is -2.17. The molecule has 0 amide bonds. The van der Waals surface area contributed by atoms with Gasteiger partial charge in [0.15, 0.2) is 5.82 Å². The average Bonchev–Trinajstić information content (AvgIpc) is 2.83. The number of carbonyl (C=O) groups is 1. The first-order valence-corrected chi connectivity index (χ1v) is 4.81. The fourth-order valence-corrected chi connectivity index (χ4v) is 1.30. The van der Waals surface area contributed by atoms with E-state index in [4.69, 9.17) is 0 Å². The highest BCUT2D eigenvalue weighted by molar-refractivity contribution is 5.72. The summed E-state index contributed by atoms with van der Waals surface area (Å²) < 4.78 is 6.23. The first-order valence-electron chi connectivity index (χ1n) is 4.81. The molecule has 0 aliphatic heterocycles. The lowest BCUT2D eigenvalue weighted by molar-refractivity contribution is -0.139. The smallest absolute Gasteiger partial charge is 0.310 e. The van der Waals surface area contributed by atoms with Gasteiger partial charge in [0.2, 0.25) is 0 Å². The summed E-state index contributed by atoms with van der Waals surface area (Å²) in [6.45, 7) is 0. The zero-order chi connectivity index (χ0) is 11.4. The molecule has 2 aromatic heterocycles. The van der Waals surface area contributed by atoms with Gasteiger partial charge in [0, 0.05) is 18.6 Å². The van der Waals surface area contributed by atoms with Gasteiger partial charge in [-0.2, -0.15) is 5.10 Å². The predicted molar refractivity (Wildman–Crippen MR) is 57.1 cm³/mol. The van der Waals surface area contributed by atoms with Crippen LogP contribution in [0.15, 0.2) is 36.8 Å². The number of hydrogen-bond acceptors (Lipinski definition) is 4. The van der Waals surface area contributed by atoms with Gasteiger partial charge in [-0.05, 0) is 17.7 Å². The van der Waals surface area contributed by atoms with Crippen molar-refractivity contribution in [2.75, 3.05) is 7.11 Å². The van der Waals surface area contributed by atoms with E-state index < -0.39 is 0 Å². The van der Waals surface area contributed by atoms with Gasteiger partial charge in [0.1, 0.15) is 0 Å². The molecule has 2 rings (SSSR count). The molecule has 0 atom stereocenters. The van der Waals surface area contributed by atoms with Crippen LogP contribution in [0, 0.1) is 0 Å². The number of nitrogens with zero attached hydrogens (tertiary/aromatic N) is 3. The third-order valence-corrected chi connectivity index (χ3v) is 2.12. The molecule has 0 N–H and O–H groups in total. The molecule has 2 aromatic rings. The highest BCUT2D eigenvalue weighted by Crippen LogP contribution is 2.05. The van der Waals surface area contributed by atoms with Gasteiger partial charge in [0.25, 0.3) is 0 Å². The van der Waals surface area contributed by atoms with E-state index in [9.17, 15) is 4.79 Å². The molecule has 0 aromatic carbocycles. The van der Waals surface area contributed by atoms with Crippen molar-refractivity contribution in [1.29, 1.82) is 0 Å². The lowest BCUT2D eigenvalue weighted by Gasteiger charge is -2.02. The second kappa shape index (κ2) is 4.57. The maximum absolute atomic E-state index is 11.0. The highest BCUT2D eigenvalue weighted by atomic mass is 16.5. The summed E-state index contributed by atoms with van der Waals surface area (Å²) in [4.78, 5) is 15.2. The van der Waals surface area contributed by atoms with Crippen molar-refractivity contribution in [3.8, 4) is 5.82 Å². The Morgan fingerprint density at radius 3 is 2.94 bits per heavy atom. The zero-order valence-corrected chi connectivity index (χ0v) is 8.83. The first-order chi connectivity index (χ1) is 7.79. The monoisotopic (exact) mass is 217 g/mol. The van der Waals surface area contributed by atoms with Crippen LogP contribution in [0.2, 0.25) is 0 Å². The van der Waals surface area contributed by atoms with E-state index in [0.29, 0.717) is 0 Å². The van der Waals surface area contributed by atoms with Gasteiger partial charge in [-0.1, -0.05) is 6.07 Å². The van der Waals surface area contributed by atoms with Crippen molar-refractivity contribution in [1.82, 2.24) is 14.8 Å². The number of ether oxygens (including phenoxy) is 1. The van der Waals surface area contributed by atoms with Crippen molar-refractivity contribution >= 4 is 5.97 Å². The first kappa shape index (κ1) is 10.4. The van der Waals surface area contributed by atoms with Crippen LogP contribution in [0.25, 0.3) is 5.82 Å². The number of methoxy groups -OCH3 is 1. The van der Waals surface area contributed by atoms with Gasteiger partial charge in [-0.25, -0.2) is 9.67 Å². The lowest BCUT2D eigenvalue weighted by Crippen LogP contribution is -2.05. The predicted octanol–water partition coefficient (Wildman–Crippen LogP) is 0.983. The highest BCUT2D eigenvalue weighted by Gasteiger charge is 2.03. The van der Waals surface area contributed by atoms with Crippen LogP contribution >= 0.6 is 0 Å². The Morgan fingerprint density at radius 2 is 2.38 bits per heavy atom. The topological polar surface area (TPSA) is 57.0 Å². The molecule has 0 fully saturated rings. The zero-order valence-electron chi connectivity index (χ0n) is 8.83. The van der Waals surface area contributed by atoms with E-state index in [1.807, 2.05) is 24.4 Å². The Balaban J connectivity index is 2.14. The summed E-state index contributed by atoms with van der Waals surface area (Å²) in [5.74, 6) is 0.451. The van der Waals surface area contributed by atoms with Crippen molar-refractivity contribution in [3.05, 3.63) is 42.4 Å². The molecule has 5 heteroatoms. The quantitative estimate of drug-likeness (QED) is 0.719.